The maximum absolute atomic E-state index is 12.9. The molecule has 2 aromatic carbocycles. The van der Waals surface area contributed by atoms with Crippen LogP contribution in [0.3, 0.4) is 0 Å². The van der Waals surface area contributed by atoms with Crippen LogP contribution in [0.4, 0.5) is 13.2 Å². The Balaban J connectivity index is 1.39. The Hall–Kier alpha value is -3.11. The predicted molar refractivity (Wildman–Crippen MR) is 128 cm³/mol. The van der Waals surface area contributed by atoms with E-state index >= 15 is 0 Å². The van der Waals surface area contributed by atoms with E-state index in [1.165, 1.54) is 17.8 Å². The highest BCUT2D eigenvalue weighted by atomic mass is 32.2. The van der Waals surface area contributed by atoms with Gasteiger partial charge in [0.25, 0.3) is 5.91 Å². The molecule has 0 aliphatic heterocycles. The maximum atomic E-state index is 12.9. The number of benzene rings is 2. The van der Waals surface area contributed by atoms with Gasteiger partial charge in [0.1, 0.15) is 0 Å². The minimum absolute atomic E-state index is 0.00678. The summed E-state index contributed by atoms with van der Waals surface area (Å²) in [5, 5.41) is 14.1. The number of nitrogens with zero attached hydrogens (tertiary/aromatic N) is 3. The number of alkyl halides is 3. The van der Waals surface area contributed by atoms with Gasteiger partial charge in [-0.1, -0.05) is 42.1 Å². The summed E-state index contributed by atoms with van der Waals surface area (Å²) in [4.78, 5) is 13.7. The lowest BCUT2D eigenvalue weighted by molar-refractivity contribution is -0.137. The molecule has 0 saturated carbocycles. The van der Waals surface area contributed by atoms with Crippen LogP contribution in [0.5, 0.6) is 0 Å². The van der Waals surface area contributed by atoms with Crippen molar-refractivity contribution in [1.29, 1.82) is 0 Å². The van der Waals surface area contributed by atoms with Crippen molar-refractivity contribution >= 4 is 29.0 Å². The van der Waals surface area contributed by atoms with Gasteiger partial charge in [-0.3, -0.25) is 4.79 Å². The highest BCUT2D eigenvalue weighted by Crippen LogP contribution is 2.30. The van der Waals surface area contributed by atoms with Gasteiger partial charge in [-0.05, 0) is 53.8 Å². The zero-order chi connectivity index (χ0) is 24.1. The number of thioether (sulfide) groups is 1. The van der Waals surface area contributed by atoms with Gasteiger partial charge in [0, 0.05) is 24.4 Å². The van der Waals surface area contributed by atoms with Crippen LogP contribution >= 0.6 is 23.1 Å². The fourth-order valence-corrected chi connectivity index (χ4v) is 5.02. The highest BCUT2D eigenvalue weighted by Gasteiger charge is 2.30. The first-order valence-corrected chi connectivity index (χ1v) is 12.3. The van der Waals surface area contributed by atoms with Crippen molar-refractivity contribution in [3.63, 3.8) is 0 Å². The van der Waals surface area contributed by atoms with E-state index in [1.807, 2.05) is 30.5 Å². The Morgan fingerprint density at radius 2 is 1.85 bits per heavy atom. The first-order valence-electron chi connectivity index (χ1n) is 10.5. The molecule has 0 aliphatic rings. The molecule has 1 amide bonds. The minimum Gasteiger partial charge on any atom is -0.348 e. The van der Waals surface area contributed by atoms with Gasteiger partial charge in [0.05, 0.1) is 10.4 Å². The van der Waals surface area contributed by atoms with Crippen LogP contribution in [-0.4, -0.2) is 20.7 Å². The maximum Gasteiger partial charge on any atom is 0.416 e. The van der Waals surface area contributed by atoms with Gasteiger partial charge in [-0.2, -0.15) is 13.2 Å². The fourth-order valence-electron chi connectivity index (χ4n) is 3.36. The number of carbonyl (C=O) groups excluding carboxylic acids is 1. The second-order valence-electron chi connectivity index (χ2n) is 7.40. The summed E-state index contributed by atoms with van der Waals surface area (Å²) in [6.45, 7) is 2.78. The van der Waals surface area contributed by atoms with Crippen molar-refractivity contribution in [3.05, 3.63) is 88.3 Å². The van der Waals surface area contributed by atoms with Crippen molar-refractivity contribution in [1.82, 2.24) is 20.1 Å². The number of hydrogen-bond acceptors (Lipinski definition) is 5. The highest BCUT2D eigenvalue weighted by molar-refractivity contribution is 7.98. The van der Waals surface area contributed by atoms with Crippen LogP contribution in [0.1, 0.15) is 34.0 Å². The molecule has 176 valence electrons. The van der Waals surface area contributed by atoms with Crippen LogP contribution in [0.25, 0.3) is 10.7 Å². The van der Waals surface area contributed by atoms with E-state index in [0.717, 1.165) is 40.1 Å². The van der Waals surface area contributed by atoms with Crippen LogP contribution in [0.2, 0.25) is 0 Å². The third kappa shape index (κ3) is 5.68. The minimum atomic E-state index is -4.42. The normalized spacial score (nSPS) is 11.5. The molecule has 2 aromatic heterocycles. The molecule has 0 atom stereocenters. The number of thiophene rings is 1. The van der Waals surface area contributed by atoms with Gasteiger partial charge < -0.3 is 9.88 Å². The molecule has 2 heterocycles. The van der Waals surface area contributed by atoms with Gasteiger partial charge >= 0.3 is 6.18 Å². The molecule has 0 bridgehead atoms. The summed E-state index contributed by atoms with van der Waals surface area (Å²) < 4.78 is 40.7. The Morgan fingerprint density at radius 3 is 2.59 bits per heavy atom. The largest absolute Gasteiger partial charge is 0.416 e. The number of amides is 1. The van der Waals surface area contributed by atoms with E-state index in [1.54, 1.807) is 35.6 Å². The lowest BCUT2D eigenvalue weighted by Gasteiger charge is -2.10. The first-order chi connectivity index (χ1) is 16.3. The van der Waals surface area contributed by atoms with Crippen LogP contribution in [0, 0.1) is 0 Å². The SMILES string of the molecule is CCn1c(SCc2cccc(C(=O)NCc3cccc(C(F)(F)F)c3)c2)nnc1-c1cccs1. The van der Waals surface area contributed by atoms with Crippen LogP contribution < -0.4 is 5.32 Å². The second kappa shape index (κ2) is 10.4. The molecular formula is C24H21F3N4OS2. The quantitative estimate of drug-likeness (QED) is 0.289. The standard InChI is InChI=1S/C24H21F3N4OS2/c1-2-31-21(20-10-5-11-33-20)29-30-23(31)34-15-17-7-3-8-18(12-17)22(32)28-14-16-6-4-9-19(13-16)24(25,26)27/h3-13H,2,14-15H2,1H3,(H,28,32). The molecule has 4 rings (SSSR count). The lowest BCUT2D eigenvalue weighted by atomic mass is 10.1. The number of carbonyl (C=O) groups is 1. The van der Waals surface area contributed by atoms with Crippen molar-refractivity contribution in [3.8, 4) is 10.7 Å². The molecule has 0 spiro atoms. The Bertz CT molecular complexity index is 1270. The molecule has 34 heavy (non-hydrogen) atoms. The van der Waals surface area contributed by atoms with E-state index in [2.05, 4.69) is 20.1 Å². The van der Waals surface area contributed by atoms with Crippen molar-refractivity contribution in [2.45, 2.75) is 37.1 Å². The van der Waals surface area contributed by atoms with Gasteiger partial charge in [-0.25, -0.2) is 0 Å². The Kier molecular flexibility index (Phi) is 7.38. The van der Waals surface area contributed by atoms with E-state index in [9.17, 15) is 18.0 Å². The van der Waals surface area contributed by atoms with E-state index < -0.39 is 11.7 Å². The molecule has 0 aliphatic carbocycles. The number of halogens is 3. The summed E-state index contributed by atoms with van der Waals surface area (Å²) in [7, 11) is 0. The molecule has 0 saturated heterocycles. The van der Waals surface area contributed by atoms with E-state index in [0.29, 0.717) is 16.9 Å². The predicted octanol–water partition coefficient (Wildman–Crippen LogP) is 6.27. The Labute approximate surface area is 203 Å². The molecule has 1 N–H and O–H groups in total. The summed E-state index contributed by atoms with van der Waals surface area (Å²) in [6.07, 6.45) is -4.42. The van der Waals surface area contributed by atoms with Crippen molar-refractivity contribution in [2.75, 3.05) is 0 Å². The van der Waals surface area contributed by atoms with Gasteiger partial charge in [0.15, 0.2) is 11.0 Å². The summed E-state index contributed by atoms with van der Waals surface area (Å²) in [6, 6.07) is 16.1. The monoisotopic (exact) mass is 502 g/mol. The van der Waals surface area contributed by atoms with Crippen LogP contribution in [-0.2, 0) is 25.0 Å². The summed E-state index contributed by atoms with van der Waals surface area (Å²) >= 11 is 3.14. The zero-order valence-corrected chi connectivity index (χ0v) is 19.8. The first kappa shape index (κ1) is 24.0. The average molecular weight is 503 g/mol. The number of nitrogens with one attached hydrogen (secondary N) is 1. The summed E-state index contributed by atoms with van der Waals surface area (Å²) in [5.41, 5.74) is 1.03. The Morgan fingerprint density at radius 1 is 1.06 bits per heavy atom. The number of rotatable bonds is 8. The summed E-state index contributed by atoms with van der Waals surface area (Å²) in [5.74, 6) is 1.08. The number of aromatic nitrogens is 3. The lowest BCUT2D eigenvalue weighted by Crippen LogP contribution is -2.23. The van der Waals surface area contributed by atoms with Crippen molar-refractivity contribution < 1.29 is 18.0 Å². The van der Waals surface area contributed by atoms with E-state index in [-0.39, 0.29) is 12.5 Å². The molecule has 0 radical (unpaired) electrons. The third-order valence-electron chi connectivity index (χ3n) is 5.04. The zero-order valence-electron chi connectivity index (χ0n) is 18.2. The van der Waals surface area contributed by atoms with Gasteiger partial charge in [-0.15, -0.1) is 21.5 Å². The molecule has 5 nitrogen and oxygen atoms in total. The third-order valence-corrected chi connectivity index (χ3v) is 6.94. The van der Waals surface area contributed by atoms with Crippen molar-refractivity contribution in [2.24, 2.45) is 0 Å². The molecule has 0 unspecified atom stereocenters. The van der Waals surface area contributed by atoms with Crippen LogP contribution in [0.15, 0.2) is 71.2 Å². The molecule has 10 heteroatoms. The smallest absolute Gasteiger partial charge is 0.348 e. The molecular weight excluding hydrogens is 481 g/mol. The van der Waals surface area contributed by atoms with Gasteiger partial charge in [0.2, 0.25) is 0 Å². The number of hydrogen-bond donors (Lipinski definition) is 1. The second-order valence-corrected chi connectivity index (χ2v) is 9.29. The molecule has 4 aromatic rings. The fraction of sp³-hybridized carbons (Fsp3) is 0.208. The van der Waals surface area contributed by atoms with E-state index in [4.69, 9.17) is 0 Å². The molecule has 0 fully saturated rings. The topological polar surface area (TPSA) is 59.8 Å². The average Bonchev–Trinajstić information content (AvgIpc) is 3.50.